The summed E-state index contributed by atoms with van der Waals surface area (Å²) in [5, 5.41) is 7.94. The number of fused-ring (bicyclic) bond motifs is 1. The van der Waals surface area contributed by atoms with Gasteiger partial charge in [-0.25, -0.2) is 0 Å². The molecule has 0 aliphatic carbocycles. The third kappa shape index (κ3) is 5.30. The van der Waals surface area contributed by atoms with Crippen molar-refractivity contribution in [2.75, 3.05) is 6.61 Å². The number of halogens is 1. The molecule has 2 unspecified atom stereocenters. The average Bonchev–Trinajstić information content (AvgIpc) is 2.74. The van der Waals surface area contributed by atoms with E-state index >= 15 is 0 Å². The highest BCUT2D eigenvalue weighted by atomic mass is 35.5. The van der Waals surface area contributed by atoms with Crippen molar-refractivity contribution in [2.45, 2.75) is 58.4 Å². The van der Waals surface area contributed by atoms with E-state index in [1.54, 1.807) is 31.2 Å². The van der Waals surface area contributed by atoms with E-state index in [1.165, 1.54) is 6.92 Å². The van der Waals surface area contributed by atoms with Crippen molar-refractivity contribution in [3.63, 3.8) is 0 Å². The highest BCUT2D eigenvalue weighted by Crippen LogP contribution is 2.44. The van der Waals surface area contributed by atoms with Gasteiger partial charge in [0, 0.05) is 12.5 Å². The first-order chi connectivity index (χ1) is 15.4. The van der Waals surface area contributed by atoms with Crippen molar-refractivity contribution < 1.29 is 33.7 Å². The lowest BCUT2D eigenvalue weighted by atomic mass is 9.86. The van der Waals surface area contributed by atoms with Gasteiger partial charge in [-0.1, -0.05) is 12.1 Å². The van der Waals surface area contributed by atoms with Gasteiger partial charge >= 0.3 is 11.9 Å². The number of rotatable bonds is 7. The van der Waals surface area contributed by atoms with E-state index in [1.807, 2.05) is 20.8 Å². The van der Waals surface area contributed by atoms with Crippen molar-refractivity contribution in [3.05, 3.63) is 52.1 Å². The monoisotopic (exact) mass is 474 g/mol. The first kappa shape index (κ1) is 24.6. The number of benzene rings is 2. The molecule has 0 radical (unpaired) electrons. The summed E-state index contributed by atoms with van der Waals surface area (Å²) in [6, 6.07) is 6.97. The standard InChI is InChI=1S/C25H27ClO7/c1-13-14(2)23-21(15(3)22(13)32-16(4)27)20(28)11-25(5,33-23)12-31-18-8-6-17(7-9-18)10-19(26)24(29)30/h6-9,19H,10-12H2,1-5H3,(H,29,30). The molecule has 176 valence electrons. The zero-order valence-electron chi connectivity index (χ0n) is 19.3. The first-order valence-electron chi connectivity index (χ1n) is 10.5. The largest absolute Gasteiger partial charge is 0.489 e. The third-order valence-corrected chi connectivity index (χ3v) is 6.09. The number of carbonyl (C=O) groups excluding carboxylic acids is 2. The number of hydrogen-bond acceptors (Lipinski definition) is 6. The molecule has 1 aliphatic heterocycles. The minimum absolute atomic E-state index is 0.103. The molecule has 0 bridgehead atoms. The first-order valence-corrected chi connectivity index (χ1v) is 11.0. The summed E-state index contributed by atoms with van der Waals surface area (Å²) in [5.74, 6) is -0.159. The van der Waals surface area contributed by atoms with Gasteiger partial charge in [0.15, 0.2) is 5.78 Å². The van der Waals surface area contributed by atoms with Crippen molar-refractivity contribution in [3.8, 4) is 17.2 Å². The van der Waals surface area contributed by atoms with E-state index in [2.05, 4.69) is 0 Å². The number of esters is 1. The third-order valence-electron chi connectivity index (χ3n) is 5.74. The number of Topliss-reactive ketones (excluding diaryl/α,β-unsaturated/α-hetero) is 1. The van der Waals surface area contributed by atoms with Crippen LogP contribution in [0.4, 0.5) is 0 Å². The molecule has 7 nitrogen and oxygen atoms in total. The Morgan fingerprint density at radius 2 is 1.79 bits per heavy atom. The number of hydrogen-bond donors (Lipinski definition) is 1. The Morgan fingerprint density at radius 3 is 2.36 bits per heavy atom. The maximum atomic E-state index is 13.1. The summed E-state index contributed by atoms with van der Waals surface area (Å²) in [5.41, 5.74) is 2.40. The highest BCUT2D eigenvalue weighted by Gasteiger charge is 2.40. The number of ketones is 1. The van der Waals surface area contributed by atoms with Gasteiger partial charge in [-0.05, 0) is 62.9 Å². The zero-order chi connectivity index (χ0) is 24.5. The molecule has 0 fully saturated rings. The summed E-state index contributed by atoms with van der Waals surface area (Å²) in [6.07, 6.45) is 0.310. The van der Waals surface area contributed by atoms with E-state index in [0.29, 0.717) is 28.4 Å². The van der Waals surface area contributed by atoms with Crippen LogP contribution >= 0.6 is 11.6 Å². The number of carboxylic acids is 1. The Kier molecular flexibility index (Phi) is 7.03. The van der Waals surface area contributed by atoms with Crippen LogP contribution in [0.25, 0.3) is 0 Å². The molecule has 0 aromatic heterocycles. The molecule has 8 heteroatoms. The second-order valence-corrected chi connectivity index (χ2v) is 9.12. The van der Waals surface area contributed by atoms with Crippen molar-refractivity contribution in [2.24, 2.45) is 0 Å². The second kappa shape index (κ2) is 9.43. The molecule has 2 aromatic rings. The SMILES string of the molecule is CC(=O)Oc1c(C)c(C)c2c(c1C)C(=O)CC(C)(COc1ccc(CC(Cl)C(=O)O)cc1)O2. The minimum atomic E-state index is -1.06. The van der Waals surface area contributed by atoms with Gasteiger partial charge in [-0.15, -0.1) is 11.6 Å². The molecule has 1 N–H and O–H groups in total. The number of ether oxygens (including phenoxy) is 3. The van der Waals surface area contributed by atoms with Gasteiger partial charge in [0.2, 0.25) is 0 Å². The van der Waals surface area contributed by atoms with E-state index < -0.39 is 22.9 Å². The van der Waals surface area contributed by atoms with E-state index in [0.717, 1.165) is 16.7 Å². The van der Waals surface area contributed by atoms with Crippen LogP contribution in [0.2, 0.25) is 0 Å². The van der Waals surface area contributed by atoms with Gasteiger partial charge in [-0.3, -0.25) is 14.4 Å². The minimum Gasteiger partial charge on any atom is -0.489 e. The van der Waals surface area contributed by atoms with Crippen molar-refractivity contribution in [1.82, 2.24) is 0 Å². The Hall–Kier alpha value is -3.06. The molecule has 1 aliphatic rings. The predicted molar refractivity (Wildman–Crippen MR) is 123 cm³/mol. The predicted octanol–water partition coefficient (Wildman–Crippen LogP) is 4.57. The maximum absolute atomic E-state index is 13.1. The molecule has 0 amide bonds. The molecule has 33 heavy (non-hydrogen) atoms. The fourth-order valence-corrected chi connectivity index (χ4v) is 4.07. The van der Waals surface area contributed by atoms with Gasteiger partial charge in [0.25, 0.3) is 0 Å². The van der Waals surface area contributed by atoms with E-state index in [-0.39, 0.29) is 25.2 Å². The Balaban J connectivity index is 1.78. The molecule has 0 spiro atoms. The van der Waals surface area contributed by atoms with Crippen LogP contribution in [0.1, 0.15) is 52.9 Å². The Morgan fingerprint density at radius 1 is 1.15 bits per heavy atom. The normalized spacial score (nSPS) is 18.2. The lowest BCUT2D eigenvalue weighted by molar-refractivity contribution is -0.136. The molecular formula is C25H27ClO7. The van der Waals surface area contributed by atoms with Crippen LogP contribution in [0.15, 0.2) is 24.3 Å². The molecule has 2 atom stereocenters. The van der Waals surface area contributed by atoms with Crippen molar-refractivity contribution in [1.29, 1.82) is 0 Å². The number of carbonyl (C=O) groups is 3. The summed E-state index contributed by atoms with van der Waals surface area (Å²) < 4.78 is 17.6. The van der Waals surface area contributed by atoms with Crippen LogP contribution in [-0.2, 0) is 16.0 Å². The summed E-state index contributed by atoms with van der Waals surface area (Å²) in [4.78, 5) is 35.5. The molecule has 0 saturated heterocycles. The van der Waals surface area contributed by atoms with Gasteiger partial charge in [0.1, 0.15) is 34.8 Å². The van der Waals surface area contributed by atoms with Gasteiger partial charge in [0.05, 0.1) is 12.0 Å². The van der Waals surface area contributed by atoms with Crippen LogP contribution in [0.3, 0.4) is 0 Å². The zero-order valence-corrected chi connectivity index (χ0v) is 20.0. The van der Waals surface area contributed by atoms with Gasteiger partial charge < -0.3 is 19.3 Å². The van der Waals surface area contributed by atoms with Crippen LogP contribution < -0.4 is 14.2 Å². The summed E-state index contributed by atoms with van der Waals surface area (Å²) in [7, 11) is 0. The fourth-order valence-electron chi connectivity index (χ4n) is 3.90. The fraction of sp³-hybridized carbons (Fsp3) is 0.400. The summed E-state index contributed by atoms with van der Waals surface area (Å²) in [6.45, 7) is 8.69. The molecular weight excluding hydrogens is 448 g/mol. The van der Waals surface area contributed by atoms with Crippen LogP contribution in [0, 0.1) is 20.8 Å². The molecule has 1 heterocycles. The lowest BCUT2D eigenvalue weighted by Crippen LogP contribution is -2.45. The highest BCUT2D eigenvalue weighted by molar-refractivity contribution is 6.29. The molecule has 0 saturated carbocycles. The van der Waals surface area contributed by atoms with E-state index in [4.69, 9.17) is 30.9 Å². The topological polar surface area (TPSA) is 99.1 Å². The average molecular weight is 475 g/mol. The van der Waals surface area contributed by atoms with Crippen molar-refractivity contribution >= 4 is 29.3 Å². The number of carboxylic acid groups (broad SMARTS) is 1. The maximum Gasteiger partial charge on any atom is 0.321 e. The second-order valence-electron chi connectivity index (χ2n) is 8.60. The molecule has 3 rings (SSSR count). The number of aliphatic carboxylic acids is 1. The Labute approximate surface area is 197 Å². The lowest BCUT2D eigenvalue weighted by Gasteiger charge is -2.36. The molecule has 2 aromatic carbocycles. The quantitative estimate of drug-likeness (QED) is 0.356. The smallest absolute Gasteiger partial charge is 0.321 e. The van der Waals surface area contributed by atoms with E-state index in [9.17, 15) is 14.4 Å². The Bertz CT molecular complexity index is 1110. The van der Waals surface area contributed by atoms with Crippen LogP contribution in [-0.4, -0.2) is 40.4 Å². The van der Waals surface area contributed by atoms with Gasteiger partial charge in [-0.2, -0.15) is 0 Å². The summed E-state index contributed by atoms with van der Waals surface area (Å²) >= 11 is 5.79. The number of alkyl halides is 1. The van der Waals surface area contributed by atoms with Crippen LogP contribution in [0.5, 0.6) is 17.2 Å².